The van der Waals surface area contributed by atoms with Crippen molar-refractivity contribution >= 4 is 12.1 Å². The highest BCUT2D eigenvalue weighted by Gasteiger charge is 2.44. The molecule has 23 heavy (non-hydrogen) atoms. The fourth-order valence-electron chi connectivity index (χ4n) is 2.95. The number of carbonyl (C=O) groups excluding carboxylic acids is 2. The van der Waals surface area contributed by atoms with Gasteiger partial charge in [0.05, 0.1) is 7.11 Å². The van der Waals surface area contributed by atoms with Crippen molar-refractivity contribution in [2.24, 2.45) is 5.92 Å². The van der Waals surface area contributed by atoms with Crippen LogP contribution in [-0.4, -0.2) is 42.3 Å². The minimum Gasteiger partial charge on any atom is -0.467 e. The normalized spacial score (nSPS) is 21.1. The minimum absolute atomic E-state index is 0.0392. The smallest absolute Gasteiger partial charge is 0.411 e. The van der Waals surface area contributed by atoms with Gasteiger partial charge in [-0.25, -0.2) is 9.59 Å². The Morgan fingerprint density at radius 1 is 1.22 bits per heavy atom. The van der Waals surface area contributed by atoms with Crippen LogP contribution in [0.15, 0.2) is 30.3 Å². The van der Waals surface area contributed by atoms with E-state index in [-0.39, 0.29) is 11.9 Å². The summed E-state index contributed by atoms with van der Waals surface area (Å²) in [6.07, 6.45) is 1.04. The van der Waals surface area contributed by atoms with Gasteiger partial charge in [0.1, 0.15) is 11.6 Å². The average Bonchev–Trinajstić information content (AvgIpc) is 2.89. The van der Waals surface area contributed by atoms with Gasteiger partial charge < -0.3 is 9.47 Å². The van der Waals surface area contributed by atoms with Crippen molar-refractivity contribution < 1.29 is 19.1 Å². The summed E-state index contributed by atoms with van der Waals surface area (Å²) in [5.74, 6) is -0.341. The second-order valence-corrected chi connectivity index (χ2v) is 6.88. The van der Waals surface area contributed by atoms with Crippen molar-refractivity contribution in [3.8, 4) is 0 Å². The Bertz CT molecular complexity index is 550. The molecule has 0 N–H and O–H groups in total. The van der Waals surface area contributed by atoms with Crippen molar-refractivity contribution in [3.05, 3.63) is 35.9 Å². The molecule has 1 aromatic carbocycles. The van der Waals surface area contributed by atoms with Crippen LogP contribution in [0.4, 0.5) is 4.79 Å². The molecular formula is C18H25NO4. The van der Waals surface area contributed by atoms with Gasteiger partial charge in [0.2, 0.25) is 0 Å². The molecule has 2 unspecified atom stereocenters. The van der Waals surface area contributed by atoms with Gasteiger partial charge in [-0.2, -0.15) is 0 Å². The average molecular weight is 319 g/mol. The molecule has 1 amide bonds. The van der Waals surface area contributed by atoms with E-state index >= 15 is 0 Å². The highest BCUT2D eigenvalue weighted by atomic mass is 16.6. The van der Waals surface area contributed by atoms with Crippen LogP contribution in [-0.2, 0) is 20.7 Å². The van der Waals surface area contributed by atoms with Crippen LogP contribution >= 0.6 is 0 Å². The van der Waals surface area contributed by atoms with Crippen molar-refractivity contribution in [2.75, 3.05) is 13.7 Å². The van der Waals surface area contributed by atoms with Crippen LogP contribution < -0.4 is 0 Å². The molecule has 5 nitrogen and oxygen atoms in total. The lowest BCUT2D eigenvalue weighted by atomic mass is 9.92. The van der Waals surface area contributed by atoms with Crippen LogP contribution in [0.1, 0.15) is 32.8 Å². The summed E-state index contributed by atoms with van der Waals surface area (Å²) in [5, 5.41) is 0. The molecule has 0 aliphatic carbocycles. The molecule has 1 aromatic rings. The molecule has 0 radical (unpaired) electrons. The van der Waals surface area contributed by atoms with Crippen molar-refractivity contribution in [2.45, 2.75) is 45.3 Å². The first kappa shape index (κ1) is 17.3. The zero-order valence-electron chi connectivity index (χ0n) is 14.2. The van der Waals surface area contributed by atoms with Gasteiger partial charge in [-0.05, 0) is 45.1 Å². The van der Waals surface area contributed by atoms with Gasteiger partial charge in [-0.15, -0.1) is 0 Å². The first-order chi connectivity index (χ1) is 10.8. The Balaban J connectivity index is 2.15. The summed E-state index contributed by atoms with van der Waals surface area (Å²) in [6, 6.07) is 9.39. The van der Waals surface area contributed by atoms with Gasteiger partial charge in [0.25, 0.3) is 0 Å². The molecule has 1 aliphatic rings. The van der Waals surface area contributed by atoms with Crippen molar-refractivity contribution in [1.82, 2.24) is 4.90 Å². The number of hydrogen-bond acceptors (Lipinski definition) is 4. The number of methoxy groups -OCH3 is 1. The summed E-state index contributed by atoms with van der Waals surface area (Å²) in [6.45, 7) is 5.95. The van der Waals surface area contributed by atoms with Gasteiger partial charge in [-0.3, -0.25) is 4.90 Å². The third-order valence-corrected chi connectivity index (χ3v) is 3.93. The Kier molecular flexibility index (Phi) is 5.29. The first-order valence-electron chi connectivity index (χ1n) is 7.93. The SMILES string of the molecule is COC(=O)C1C(Cc2ccccc2)CCN1C(=O)OC(C)(C)C. The number of esters is 1. The monoisotopic (exact) mass is 319 g/mol. The molecule has 0 saturated carbocycles. The lowest BCUT2D eigenvalue weighted by Gasteiger charge is -2.29. The number of hydrogen-bond donors (Lipinski definition) is 0. The lowest BCUT2D eigenvalue weighted by molar-refractivity contribution is -0.147. The van der Waals surface area contributed by atoms with E-state index in [9.17, 15) is 9.59 Å². The number of ether oxygens (including phenoxy) is 2. The maximum absolute atomic E-state index is 12.4. The van der Waals surface area contributed by atoms with Crippen LogP contribution in [0, 0.1) is 5.92 Å². The highest BCUT2D eigenvalue weighted by molar-refractivity contribution is 5.82. The third-order valence-electron chi connectivity index (χ3n) is 3.93. The van der Waals surface area contributed by atoms with Crippen LogP contribution in [0.2, 0.25) is 0 Å². The molecule has 2 atom stereocenters. The second kappa shape index (κ2) is 7.02. The minimum atomic E-state index is -0.588. The number of benzene rings is 1. The van der Waals surface area contributed by atoms with E-state index in [0.29, 0.717) is 6.54 Å². The van der Waals surface area contributed by atoms with E-state index in [1.807, 2.05) is 51.1 Å². The van der Waals surface area contributed by atoms with E-state index in [4.69, 9.17) is 9.47 Å². The molecular weight excluding hydrogens is 294 g/mol. The summed E-state index contributed by atoms with van der Waals surface area (Å²) in [4.78, 5) is 26.1. The van der Waals surface area contributed by atoms with Gasteiger partial charge in [-0.1, -0.05) is 30.3 Å². The van der Waals surface area contributed by atoms with E-state index in [1.54, 1.807) is 0 Å². The first-order valence-corrected chi connectivity index (χ1v) is 7.93. The van der Waals surface area contributed by atoms with Crippen LogP contribution in [0.3, 0.4) is 0 Å². The Labute approximate surface area is 137 Å². The standard InChI is InChI=1S/C18H25NO4/c1-18(2,3)23-17(21)19-11-10-14(15(19)16(20)22-4)12-13-8-6-5-7-9-13/h5-9,14-15H,10-12H2,1-4H3. The fourth-order valence-corrected chi connectivity index (χ4v) is 2.95. The molecule has 2 rings (SSSR count). The predicted molar refractivity (Wildman–Crippen MR) is 87.0 cm³/mol. The molecule has 0 aromatic heterocycles. The highest BCUT2D eigenvalue weighted by Crippen LogP contribution is 2.30. The maximum Gasteiger partial charge on any atom is 0.411 e. The summed E-state index contributed by atoms with van der Waals surface area (Å²) >= 11 is 0. The molecule has 5 heteroatoms. The maximum atomic E-state index is 12.4. The summed E-state index contributed by atoms with van der Waals surface area (Å²) < 4.78 is 10.3. The fraction of sp³-hybridized carbons (Fsp3) is 0.556. The number of nitrogens with zero attached hydrogens (tertiary/aromatic N) is 1. The number of amides is 1. The Morgan fingerprint density at radius 3 is 2.43 bits per heavy atom. The second-order valence-electron chi connectivity index (χ2n) is 6.88. The Hall–Kier alpha value is -2.04. The van der Waals surface area contributed by atoms with Gasteiger partial charge in [0, 0.05) is 6.54 Å². The van der Waals surface area contributed by atoms with Crippen LogP contribution in [0.25, 0.3) is 0 Å². The quantitative estimate of drug-likeness (QED) is 0.804. The van der Waals surface area contributed by atoms with Crippen LogP contribution in [0.5, 0.6) is 0 Å². The largest absolute Gasteiger partial charge is 0.467 e. The molecule has 1 fully saturated rings. The number of rotatable bonds is 3. The van der Waals surface area contributed by atoms with E-state index < -0.39 is 17.7 Å². The summed E-state index contributed by atoms with van der Waals surface area (Å²) in [5.41, 5.74) is 0.562. The van der Waals surface area contributed by atoms with Crippen molar-refractivity contribution in [3.63, 3.8) is 0 Å². The molecule has 1 aliphatic heterocycles. The van der Waals surface area contributed by atoms with E-state index in [0.717, 1.165) is 18.4 Å². The molecule has 0 bridgehead atoms. The zero-order chi connectivity index (χ0) is 17.0. The number of carbonyl (C=O) groups is 2. The van der Waals surface area contributed by atoms with E-state index in [1.165, 1.54) is 12.0 Å². The topological polar surface area (TPSA) is 55.8 Å². The predicted octanol–water partition coefficient (Wildman–Crippen LogP) is 3.03. The molecule has 126 valence electrons. The zero-order valence-corrected chi connectivity index (χ0v) is 14.2. The molecule has 1 saturated heterocycles. The van der Waals surface area contributed by atoms with Gasteiger partial charge in [0.15, 0.2) is 0 Å². The third kappa shape index (κ3) is 4.47. The molecule has 0 spiro atoms. The lowest BCUT2D eigenvalue weighted by Crippen LogP contribution is -2.46. The number of likely N-dealkylation sites (tertiary alicyclic amines) is 1. The van der Waals surface area contributed by atoms with Crippen molar-refractivity contribution in [1.29, 1.82) is 0 Å². The summed E-state index contributed by atoms with van der Waals surface area (Å²) in [7, 11) is 1.35. The molecule has 1 heterocycles. The Morgan fingerprint density at radius 2 is 1.87 bits per heavy atom. The van der Waals surface area contributed by atoms with Gasteiger partial charge >= 0.3 is 12.1 Å². The van der Waals surface area contributed by atoms with E-state index in [2.05, 4.69) is 0 Å².